The Morgan fingerprint density at radius 1 is 1.45 bits per heavy atom. The lowest BCUT2D eigenvalue weighted by Crippen LogP contribution is -2.39. The number of thiophene rings is 1. The third-order valence-corrected chi connectivity index (χ3v) is 3.85. The molecule has 1 aliphatic rings. The summed E-state index contributed by atoms with van der Waals surface area (Å²) in [5, 5.41) is 7.26. The summed E-state index contributed by atoms with van der Waals surface area (Å²) < 4.78 is 0. The fourth-order valence-electron chi connectivity index (χ4n) is 1.95. The first-order chi connectivity index (χ1) is 9.66. The first-order valence-electron chi connectivity index (χ1n) is 6.53. The van der Waals surface area contributed by atoms with E-state index >= 15 is 0 Å². The molecule has 2 rings (SSSR count). The van der Waals surface area contributed by atoms with Crippen molar-refractivity contribution in [2.45, 2.75) is 12.8 Å². The zero-order chi connectivity index (χ0) is 14.4. The highest BCUT2D eigenvalue weighted by molar-refractivity contribution is 7.12. The monoisotopic (exact) mass is 295 g/mol. The highest BCUT2D eigenvalue weighted by atomic mass is 32.1. The summed E-state index contributed by atoms with van der Waals surface area (Å²) in [6.45, 7) is 1.58. The van der Waals surface area contributed by atoms with Crippen LogP contribution in [0.15, 0.2) is 17.5 Å². The van der Waals surface area contributed by atoms with Crippen LogP contribution in [0.5, 0.6) is 0 Å². The van der Waals surface area contributed by atoms with Crippen LogP contribution in [0.4, 0.5) is 0 Å². The average Bonchev–Trinajstić information content (AvgIpc) is 2.87. The van der Waals surface area contributed by atoms with Crippen LogP contribution in [0.1, 0.15) is 22.5 Å². The number of rotatable bonds is 4. The van der Waals surface area contributed by atoms with Crippen molar-refractivity contribution in [3.63, 3.8) is 0 Å². The Hall–Kier alpha value is -1.89. The van der Waals surface area contributed by atoms with E-state index in [9.17, 15) is 14.4 Å². The number of hydrogen-bond acceptors (Lipinski definition) is 4. The zero-order valence-electron chi connectivity index (χ0n) is 11.1. The predicted octanol–water partition coefficient (Wildman–Crippen LogP) is 0.216. The summed E-state index contributed by atoms with van der Waals surface area (Å²) in [4.78, 5) is 37.2. The molecule has 0 radical (unpaired) electrons. The maximum atomic E-state index is 12.0. The van der Waals surface area contributed by atoms with Crippen LogP contribution in [0.25, 0.3) is 0 Å². The average molecular weight is 295 g/mol. The van der Waals surface area contributed by atoms with Crippen molar-refractivity contribution < 1.29 is 14.4 Å². The number of carbonyl (C=O) groups excluding carboxylic acids is 3. The molecule has 7 heteroatoms. The molecular weight excluding hydrogens is 278 g/mol. The van der Waals surface area contributed by atoms with Gasteiger partial charge in [-0.25, -0.2) is 0 Å². The molecule has 0 bridgehead atoms. The normalized spacial score (nSPS) is 15.4. The zero-order valence-corrected chi connectivity index (χ0v) is 11.9. The molecule has 1 aromatic heterocycles. The molecule has 1 aliphatic heterocycles. The van der Waals surface area contributed by atoms with Crippen LogP contribution in [0, 0.1) is 0 Å². The minimum Gasteiger partial charge on any atom is -0.354 e. The molecule has 2 N–H and O–H groups in total. The third kappa shape index (κ3) is 4.06. The molecule has 3 amide bonds. The molecular formula is C13H17N3O3S. The lowest BCUT2D eigenvalue weighted by atomic mass is 10.3. The van der Waals surface area contributed by atoms with Crippen molar-refractivity contribution in [1.82, 2.24) is 15.5 Å². The summed E-state index contributed by atoms with van der Waals surface area (Å²) in [7, 11) is 0. The van der Waals surface area contributed by atoms with Crippen LogP contribution in [-0.2, 0) is 9.59 Å². The van der Waals surface area contributed by atoms with Crippen LogP contribution in [-0.4, -0.2) is 48.8 Å². The second kappa shape index (κ2) is 7.04. The van der Waals surface area contributed by atoms with Gasteiger partial charge in [0.05, 0.1) is 11.4 Å². The summed E-state index contributed by atoms with van der Waals surface area (Å²) in [5.41, 5.74) is 0. The fraction of sp³-hybridized carbons (Fsp3) is 0.462. The SMILES string of the molecule is O=C1CN(C(=O)CCNC(=O)c2cccs2)CCCN1. The van der Waals surface area contributed by atoms with E-state index in [0.29, 0.717) is 18.0 Å². The molecule has 6 nitrogen and oxygen atoms in total. The van der Waals surface area contributed by atoms with E-state index in [4.69, 9.17) is 0 Å². The van der Waals surface area contributed by atoms with Crippen molar-refractivity contribution in [2.24, 2.45) is 0 Å². The van der Waals surface area contributed by atoms with Gasteiger partial charge in [-0.1, -0.05) is 6.07 Å². The summed E-state index contributed by atoms with van der Waals surface area (Å²) in [6, 6.07) is 3.54. The quantitative estimate of drug-likeness (QED) is 0.834. The molecule has 2 heterocycles. The topological polar surface area (TPSA) is 78.5 Å². The predicted molar refractivity (Wildman–Crippen MR) is 75.5 cm³/mol. The maximum absolute atomic E-state index is 12.0. The highest BCUT2D eigenvalue weighted by Crippen LogP contribution is 2.07. The lowest BCUT2D eigenvalue weighted by molar-refractivity contribution is -0.135. The van der Waals surface area contributed by atoms with Gasteiger partial charge in [-0.15, -0.1) is 11.3 Å². The lowest BCUT2D eigenvalue weighted by Gasteiger charge is -2.18. The summed E-state index contributed by atoms with van der Waals surface area (Å²) in [5.74, 6) is -0.395. The van der Waals surface area contributed by atoms with Gasteiger partial charge in [-0.2, -0.15) is 0 Å². The fourth-order valence-corrected chi connectivity index (χ4v) is 2.59. The molecule has 0 saturated carbocycles. The van der Waals surface area contributed by atoms with Gasteiger partial charge in [0.25, 0.3) is 5.91 Å². The summed E-state index contributed by atoms with van der Waals surface area (Å²) >= 11 is 1.36. The van der Waals surface area contributed by atoms with Gasteiger partial charge in [-0.05, 0) is 17.9 Å². The first-order valence-corrected chi connectivity index (χ1v) is 7.41. The van der Waals surface area contributed by atoms with Crippen molar-refractivity contribution in [3.8, 4) is 0 Å². The summed E-state index contributed by atoms with van der Waals surface area (Å²) in [6.07, 6.45) is 0.976. The highest BCUT2D eigenvalue weighted by Gasteiger charge is 2.19. The van der Waals surface area contributed by atoms with Gasteiger partial charge in [0, 0.05) is 26.1 Å². The van der Waals surface area contributed by atoms with Gasteiger partial charge >= 0.3 is 0 Å². The molecule has 20 heavy (non-hydrogen) atoms. The Morgan fingerprint density at radius 2 is 2.30 bits per heavy atom. The van der Waals surface area contributed by atoms with Crippen molar-refractivity contribution in [2.75, 3.05) is 26.2 Å². The number of nitrogens with one attached hydrogen (secondary N) is 2. The van der Waals surface area contributed by atoms with Crippen LogP contribution >= 0.6 is 11.3 Å². The third-order valence-electron chi connectivity index (χ3n) is 2.98. The second-order valence-corrected chi connectivity index (χ2v) is 5.45. The van der Waals surface area contributed by atoms with Crippen molar-refractivity contribution in [3.05, 3.63) is 22.4 Å². The second-order valence-electron chi connectivity index (χ2n) is 4.50. The Morgan fingerprint density at radius 3 is 3.05 bits per heavy atom. The number of amides is 3. The van der Waals surface area contributed by atoms with Crippen molar-refractivity contribution >= 4 is 29.1 Å². The molecule has 0 spiro atoms. The van der Waals surface area contributed by atoms with Crippen LogP contribution in [0.2, 0.25) is 0 Å². The Labute approximate surface area is 121 Å². The Kier molecular flexibility index (Phi) is 5.11. The first kappa shape index (κ1) is 14.5. The molecule has 1 fully saturated rings. The molecule has 1 aromatic rings. The van der Waals surface area contributed by atoms with E-state index in [1.54, 1.807) is 17.0 Å². The number of nitrogens with zero attached hydrogens (tertiary/aromatic N) is 1. The smallest absolute Gasteiger partial charge is 0.261 e. The van der Waals surface area contributed by atoms with E-state index < -0.39 is 0 Å². The van der Waals surface area contributed by atoms with Gasteiger partial charge in [0.2, 0.25) is 11.8 Å². The molecule has 1 saturated heterocycles. The maximum Gasteiger partial charge on any atom is 0.261 e. The van der Waals surface area contributed by atoms with E-state index in [1.807, 2.05) is 5.38 Å². The van der Waals surface area contributed by atoms with Gasteiger partial charge in [-0.3, -0.25) is 14.4 Å². The minimum atomic E-state index is -0.165. The standard InChI is InChI=1S/C13H17N3O3S/c17-11-9-16(7-2-5-14-11)12(18)4-6-15-13(19)10-3-1-8-20-10/h1,3,8H,2,4-7,9H2,(H,14,17)(H,15,19). The number of carbonyl (C=O) groups is 3. The van der Waals surface area contributed by atoms with E-state index in [-0.39, 0.29) is 37.2 Å². The van der Waals surface area contributed by atoms with Gasteiger partial charge in [0.15, 0.2) is 0 Å². The number of hydrogen-bond donors (Lipinski definition) is 2. The molecule has 0 aromatic carbocycles. The molecule has 0 unspecified atom stereocenters. The Bertz CT molecular complexity index is 487. The van der Waals surface area contributed by atoms with Gasteiger partial charge < -0.3 is 15.5 Å². The van der Waals surface area contributed by atoms with E-state index in [0.717, 1.165) is 6.42 Å². The van der Waals surface area contributed by atoms with Crippen LogP contribution < -0.4 is 10.6 Å². The van der Waals surface area contributed by atoms with E-state index in [1.165, 1.54) is 11.3 Å². The van der Waals surface area contributed by atoms with Crippen molar-refractivity contribution in [1.29, 1.82) is 0 Å². The van der Waals surface area contributed by atoms with Gasteiger partial charge in [0.1, 0.15) is 0 Å². The molecule has 0 aliphatic carbocycles. The minimum absolute atomic E-state index is 0.103. The molecule has 0 atom stereocenters. The van der Waals surface area contributed by atoms with Crippen LogP contribution in [0.3, 0.4) is 0 Å². The van der Waals surface area contributed by atoms with E-state index in [2.05, 4.69) is 10.6 Å². The largest absolute Gasteiger partial charge is 0.354 e. The Balaban J connectivity index is 1.74. The molecule has 108 valence electrons.